The normalized spacial score (nSPS) is 15.2. The number of hydrogen-bond donors (Lipinski definition) is 1. The van der Waals surface area contributed by atoms with Crippen LogP contribution >= 0.6 is 0 Å². The minimum absolute atomic E-state index is 0.549. The van der Waals surface area contributed by atoms with Crippen molar-refractivity contribution in [2.75, 3.05) is 23.8 Å². The minimum atomic E-state index is 0.549. The molecule has 88 valence electrons. The van der Waals surface area contributed by atoms with Crippen LogP contribution in [0.4, 0.5) is 11.5 Å². The van der Waals surface area contributed by atoms with E-state index in [1.807, 2.05) is 13.2 Å². The lowest BCUT2D eigenvalue weighted by atomic mass is 10.2. The zero-order chi connectivity index (χ0) is 11.5. The summed E-state index contributed by atoms with van der Waals surface area (Å²) in [5.74, 6) is 1.85. The van der Waals surface area contributed by atoms with Crippen LogP contribution in [0.25, 0.3) is 0 Å². The summed E-state index contributed by atoms with van der Waals surface area (Å²) in [5.41, 5.74) is 1.28. The Morgan fingerprint density at radius 3 is 2.81 bits per heavy atom. The zero-order valence-corrected chi connectivity index (χ0v) is 10.4. The number of pyridine rings is 1. The molecular weight excluding hydrogens is 198 g/mol. The Balaban J connectivity index is 2.15. The quantitative estimate of drug-likeness (QED) is 0.825. The van der Waals surface area contributed by atoms with Crippen molar-refractivity contribution in [1.29, 1.82) is 0 Å². The number of nitrogens with one attached hydrogen (secondary N) is 1. The van der Waals surface area contributed by atoms with E-state index >= 15 is 0 Å². The molecule has 1 heterocycles. The molecule has 0 atom stereocenters. The SMILES string of the molecule is CNc1cc(N(CC2CC2)C(C)C)ccn1. The first-order valence-electron chi connectivity index (χ1n) is 6.11. The molecule has 1 saturated carbocycles. The molecule has 0 saturated heterocycles. The van der Waals surface area contributed by atoms with Gasteiger partial charge in [-0.05, 0) is 38.7 Å². The average molecular weight is 219 g/mol. The smallest absolute Gasteiger partial charge is 0.127 e. The second-order valence-electron chi connectivity index (χ2n) is 4.84. The number of aromatic nitrogens is 1. The van der Waals surface area contributed by atoms with Crippen LogP contribution in [0, 0.1) is 5.92 Å². The van der Waals surface area contributed by atoms with Crippen molar-refractivity contribution < 1.29 is 0 Å². The van der Waals surface area contributed by atoms with Crippen molar-refractivity contribution >= 4 is 11.5 Å². The van der Waals surface area contributed by atoms with E-state index < -0.39 is 0 Å². The van der Waals surface area contributed by atoms with E-state index in [1.165, 1.54) is 25.1 Å². The minimum Gasteiger partial charge on any atom is -0.373 e. The molecule has 16 heavy (non-hydrogen) atoms. The standard InChI is InChI=1S/C13H21N3/c1-10(2)16(9-11-4-5-11)12-6-7-15-13(8-12)14-3/h6-8,10-11H,4-5,9H2,1-3H3,(H,14,15). The van der Waals surface area contributed by atoms with Crippen molar-refractivity contribution in [3.8, 4) is 0 Å². The third-order valence-electron chi connectivity index (χ3n) is 3.11. The highest BCUT2D eigenvalue weighted by molar-refractivity contribution is 5.54. The fourth-order valence-corrected chi connectivity index (χ4v) is 1.93. The van der Waals surface area contributed by atoms with Gasteiger partial charge in [-0.25, -0.2) is 4.98 Å². The predicted molar refractivity (Wildman–Crippen MR) is 69.0 cm³/mol. The average Bonchev–Trinajstić information content (AvgIpc) is 3.09. The van der Waals surface area contributed by atoms with Gasteiger partial charge in [0.1, 0.15) is 5.82 Å². The van der Waals surface area contributed by atoms with Crippen LogP contribution in [0.1, 0.15) is 26.7 Å². The Labute approximate surface area is 97.9 Å². The van der Waals surface area contributed by atoms with Crippen molar-refractivity contribution in [2.45, 2.75) is 32.7 Å². The van der Waals surface area contributed by atoms with Gasteiger partial charge in [0.2, 0.25) is 0 Å². The van der Waals surface area contributed by atoms with Gasteiger partial charge in [-0.2, -0.15) is 0 Å². The van der Waals surface area contributed by atoms with Gasteiger partial charge in [-0.15, -0.1) is 0 Å². The molecule has 1 N–H and O–H groups in total. The molecule has 1 aliphatic rings. The zero-order valence-electron chi connectivity index (χ0n) is 10.4. The second kappa shape index (κ2) is 4.73. The first-order chi connectivity index (χ1) is 7.70. The van der Waals surface area contributed by atoms with Gasteiger partial charge in [0.15, 0.2) is 0 Å². The molecule has 0 spiro atoms. The highest BCUT2D eigenvalue weighted by Gasteiger charge is 2.25. The molecule has 0 unspecified atom stereocenters. The number of hydrogen-bond acceptors (Lipinski definition) is 3. The molecule has 1 aromatic heterocycles. The van der Waals surface area contributed by atoms with Crippen LogP contribution < -0.4 is 10.2 Å². The van der Waals surface area contributed by atoms with Gasteiger partial charge in [0.05, 0.1) is 0 Å². The van der Waals surface area contributed by atoms with Crippen LogP contribution in [0.5, 0.6) is 0 Å². The molecule has 3 heteroatoms. The molecule has 0 aromatic carbocycles. The lowest BCUT2D eigenvalue weighted by molar-refractivity contribution is 0.644. The summed E-state index contributed by atoms with van der Waals surface area (Å²) in [5, 5.41) is 3.09. The lowest BCUT2D eigenvalue weighted by Gasteiger charge is -2.29. The fraction of sp³-hybridized carbons (Fsp3) is 0.615. The van der Waals surface area contributed by atoms with Crippen molar-refractivity contribution in [3.63, 3.8) is 0 Å². The summed E-state index contributed by atoms with van der Waals surface area (Å²) >= 11 is 0. The molecule has 1 fully saturated rings. The number of rotatable bonds is 5. The van der Waals surface area contributed by atoms with E-state index in [0.717, 1.165) is 11.7 Å². The van der Waals surface area contributed by atoms with Crippen molar-refractivity contribution in [2.24, 2.45) is 5.92 Å². The fourth-order valence-electron chi connectivity index (χ4n) is 1.93. The van der Waals surface area contributed by atoms with Crippen LogP contribution in [-0.4, -0.2) is 24.6 Å². The summed E-state index contributed by atoms with van der Waals surface area (Å²) in [6.07, 6.45) is 4.67. The molecule has 0 bridgehead atoms. The predicted octanol–water partition coefficient (Wildman–Crippen LogP) is 2.75. The Morgan fingerprint density at radius 2 is 2.25 bits per heavy atom. The Kier molecular flexibility index (Phi) is 3.32. The molecule has 1 aromatic rings. The maximum absolute atomic E-state index is 4.26. The van der Waals surface area contributed by atoms with E-state index in [0.29, 0.717) is 6.04 Å². The molecule has 0 amide bonds. The van der Waals surface area contributed by atoms with Gasteiger partial charge in [-0.3, -0.25) is 0 Å². The molecule has 3 nitrogen and oxygen atoms in total. The van der Waals surface area contributed by atoms with Crippen molar-refractivity contribution in [1.82, 2.24) is 4.98 Å². The van der Waals surface area contributed by atoms with Gasteiger partial charge in [0.25, 0.3) is 0 Å². The van der Waals surface area contributed by atoms with E-state index in [-0.39, 0.29) is 0 Å². The maximum atomic E-state index is 4.26. The van der Waals surface area contributed by atoms with E-state index in [4.69, 9.17) is 0 Å². The topological polar surface area (TPSA) is 28.2 Å². The molecule has 0 aliphatic heterocycles. The van der Waals surface area contributed by atoms with Crippen LogP contribution in [0.3, 0.4) is 0 Å². The van der Waals surface area contributed by atoms with Crippen LogP contribution in [0.2, 0.25) is 0 Å². The maximum Gasteiger partial charge on any atom is 0.127 e. The van der Waals surface area contributed by atoms with Crippen molar-refractivity contribution in [3.05, 3.63) is 18.3 Å². The third-order valence-corrected chi connectivity index (χ3v) is 3.11. The number of nitrogens with zero attached hydrogens (tertiary/aromatic N) is 2. The third kappa shape index (κ3) is 2.65. The van der Waals surface area contributed by atoms with Crippen LogP contribution in [0.15, 0.2) is 18.3 Å². The van der Waals surface area contributed by atoms with Gasteiger partial charge in [-0.1, -0.05) is 0 Å². The Hall–Kier alpha value is -1.25. The summed E-state index contributed by atoms with van der Waals surface area (Å²) in [6, 6.07) is 4.78. The summed E-state index contributed by atoms with van der Waals surface area (Å²) in [7, 11) is 1.91. The van der Waals surface area contributed by atoms with E-state index in [2.05, 4.69) is 41.2 Å². The highest BCUT2D eigenvalue weighted by Crippen LogP contribution is 2.32. The van der Waals surface area contributed by atoms with Gasteiger partial charge < -0.3 is 10.2 Å². The summed E-state index contributed by atoms with van der Waals surface area (Å²) in [4.78, 5) is 6.73. The Bertz CT molecular complexity index is 345. The van der Waals surface area contributed by atoms with E-state index in [1.54, 1.807) is 0 Å². The van der Waals surface area contributed by atoms with Crippen LogP contribution in [-0.2, 0) is 0 Å². The largest absolute Gasteiger partial charge is 0.373 e. The Morgan fingerprint density at radius 1 is 1.50 bits per heavy atom. The molecule has 2 rings (SSSR count). The molecule has 0 radical (unpaired) electrons. The first-order valence-corrected chi connectivity index (χ1v) is 6.11. The summed E-state index contributed by atoms with van der Waals surface area (Å²) in [6.45, 7) is 5.69. The van der Waals surface area contributed by atoms with E-state index in [9.17, 15) is 0 Å². The monoisotopic (exact) mass is 219 g/mol. The first kappa shape index (κ1) is 11.2. The lowest BCUT2D eigenvalue weighted by Crippen LogP contribution is -2.32. The molecule has 1 aliphatic carbocycles. The second-order valence-corrected chi connectivity index (χ2v) is 4.84. The summed E-state index contributed by atoms with van der Waals surface area (Å²) < 4.78 is 0. The molecular formula is C13H21N3. The highest BCUT2D eigenvalue weighted by atomic mass is 15.2. The van der Waals surface area contributed by atoms with Gasteiger partial charge in [0, 0.05) is 37.6 Å². The number of anilines is 2. The van der Waals surface area contributed by atoms with Gasteiger partial charge >= 0.3 is 0 Å².